The third kappa shape index (κ3) is 4.04. The van der Waals surface area contributed by atoms with Crippen LogP contribution in [0.3, 0.4) is 0 Å². The highest BCUT2D eigenvalue weighted by Gasteiger charge is 2.20. The van der Waals surface area contributed by atoms with E-state index in [1.165, 1.54) is 11.6 Å². The topological polar surface area (TPSA) is 61.6 Å². The third-order valence-electron chi connectivity index (χ3n) is 3.40. The number of halogens is 1. The molecule has 7 heteroatoms. The van der Waals surface area contributed by atoms with Gasteiger partial charge in [-0.15, -0.1) is 0 Å². The van der Waals surface area contributed by atoms with Crippen LogP contribution in [0.4, 0.5) is 5.69 Å². The van der Waals surface area contributed by atoms with Crippen LogP contribution < -0.4 is 4.74 Å². The molecule has 0 saturated heterocycles. The van der Waals surface area contributed by atoms with Gasteiger partial charge in [0.2, 0.25) is 0 Å². The summed E-state index contributed by atoms with van der Waals surface area (Å²) in [4.78, 5) is 10.7. The van der Waals surface area contributed by atoms with Gasteiger partial charge in [-0.25, -0.2) is 0 Å². The van der Waals surface area contributed by atoms with Gasteiger partial charge < -0.3 is 9.47 Å². The van der Waals surface area contributed by atoms with E-state index in [9.17, 15) is 10.1 Å². The van der Waals surface area contributed by atoms with Crippen molar-refractivity contribution in [2.45, 2.75) is 18.1 Å². The van der Waals surface area contributed by atoms with E-state index in [0.717, 1.165) is 27.1 Å². The minimum Gasteiger partial charge on any atom is -0.467 e. The minimum atomic E-state index is -0.378. The van der Waals surface area contributed by atoms with Gasteiger partial charge in [-0.2, -0.15) is 11.8 Å². The van der Waals surface area contributed by atoms with E-state index in [1.807, 2.05) is 12.1 Å². The summed E-state index contributed by atoms with van der Waals surface area (Å²) in [6.07, 6.45) is 0. The van der Waals surface area contributed by atoms with Crippen LogP contribution in [0.25, 0.3) is 0 Å². The number of benzene rings is 2. The average Bonchev–Trinajstić information content (AvgIpc) is 2.54. The summed E-state index contributed by atoms with van der Waals surface area (Å²) >= 11 is 5.15. The van der Waals surface area contributed by atoms with Crippen molar-refractivity contribution in [3.05, 3.63) is 67.7 Å². The molecule has 0 atom stereocenters. The standard InChI is InChI=1S/C16H14BrNO4S/c17-14-3-1-2-11(4-14)8-23-9-13-6-15(18(19)20)5-12-7-21-10-22-16(12)13/h1-6H,7-10H2. The molecular formula is C16H14BrNO4S. The van der Waals surface area contributed by atoms with Gasteiger partial charge in [-0.1, -0.05) is 28.1 Å². The number of ether oxygens (including phenoxy) is 2. The SMILES string of the molecule is O=[N+]([O-])c1cc2c(c(CSCc3cccc(Br)c3)c1)OCOC2. The van der Waals surface area contributed by atoms with Crippen LogP contribution in [0.15, 0.2) is 40.9 Å². The molecule has 120 valence electrons. The Labute approximate surface area is 146 Å². The quantitative estimate of drug-likeness (QED) is 0.544. The average molecular weight is 396 g/mol. The number of thioether (sulfide) groups is 1. The summed E-state index contributed by atoms with van der Waals surface area (Å²) < 4.78 is 11.8. The van der Waals surface area contributed by atoms with E-state index in [4.69, 9.17) is 9.47 Å². The molecule has 0 fully saturated rings. The van der Waals surface area contributed by atoms with Gasteiger partial charge in [0.05, 0.1) is 11.5 Å². The molecule has 0 N–H and O–H groups in total. The van der Waals surface area contributed by atoms with Crippen molar-refractivity contribution in [2.75, 3.05) is 6.79 Å². The van der Waals surface area contributed by atoms with Crippen LogP contribution in [0.2, 0.25) is 0 Å². The number of hydrogen-bond donors (Lipinski definition) is 0. The molecule has 2 aromatic rings. The Morgan fingerprint density at radius 3 is 2.91 bits per heavy atom. The molecule has 0 aromatic heterocycles. The number of rotatable bonds is 5. The zero-order valence-electron chi connectivity index (χ0n) is 12.2. The molecule has 1 aliphatic heterocycles. The predicted molar refractivity (Wildman–Crippen MR) is 92.5 cm³/mol. The summed E-state index contributed by atoms with van der Waals surface area (Å²) in [7, 11) is 0. The molecule has 2 aromatic carbocycles. The lowest BCUT2D eigenvalue weighted by Gasteiger charge is -2.20. The van der Waals surface area contributed by atoms with E-state index in [-0.39, 0.29) is 17.4 Å². The molecule has 0 aliphatic carbocycles. The normalized spacial score (nSPS) is 13.3. The summed E-state index contributed by atoms with van der Waals surface area (Å²) in [5.74, 6) is 2.20. The molecule has 0 bridgehead atoms. The second-order valence-electron chi connectivity index (χ2n) is 5.08. The van der Waals surface area contributed by atoms with Crippen LogP contribution in [0.5, 0.6) is 5.75 Å². The second kappa shape index (κ2) is 7.33. The third-order valence-corrected chi connectivity index (χ3v) is 4.94. The van der Waals surface area contributed by atoms with Gasteiger partial charge in [-0.3, -0.25) is 10.1 Å². The molecule has 3 rings (SSSR count). The first kappa shape index (κ1) is 16.3. The van der Waals surface area contributed by atoms with Crippen LogP contribution in [-0.2, 0) is 22.8 Å². The second-order valence-corrected chi connectivity index (χ2v) is 6.98. The van der Waals surface area contributed by atoms with Gasteiger partial charge in [0.25, 0.3) is 5.69 Å². The van der Waals surface area contributed by atoms with Gasteiger partial charge in [0.15, 0.2) is 6.79 Å². The van der Waals surface area contributed by atoms with Gasteiger partial charge in [0, 0.05) is 39.2 Å². The maximum Gasteiger partial charge on any atom is 0.270 e. The highest BCUT2D eigenvalue weighted by molar-refractivity contribution is 9.10. The maximum absolute atomic E-state index is 11.1. The highest BCUT2D eigenvalue weighted by Crippen LogP contribution is 2.35. The molecule has 0 unspecified atom stereocenters. The molecule has 5 nitrogen and oxygen atoms in total. The van der Waals surface area contributed by atoms with Crippen LogP contribution in [0, 0.1) is 10.1 Å². The fraction of sp³-hybridized carbons (Fsp3) is 0.250. The largest absolute Gasteiger partial charge is 0.467 e. The monoisotopic (exact) mass is 395 g/mol. The molecule has 0 amide bonds. The smallest absolute Gasteiger partial charge is 0.270 e. The molecule has 1 aliphatic rings. The van der Waals surface area contributed by atoms with Crippen LogP contribution in [-0.4, -0.2) is 11.7 Å². The number of nitrogens with zero attached hydrogens (tertiary/aromatic N) is 1. The lowest BCUT2D eigenvalue weighted by Crippen LogP contribution is -2.13. The molecule has 1 heterocycles. The number of hydrogen-bond acceptors (Lipinski definition) is 5. The van der Waals surface area contributed by atoms with Gasteiger partial charge >= 0.3 is 0 Å². The summed E-state index contributed by atoms with van der Waals surface area (Å²) in [5.41, 5.74) is 2.87. The van der Waals surface area contributed by atoms with Crippen LogP contribution >= 0.6 is 27.7 Å². The Hall–Kier alpha value is -1.57. The van der Waals surface area contributed by atoms with E-state index in [1.54, 1.807) is 17.8 Å². The van der Waals surface area contributed by atoms with E-state index in [2.05, 4.69) is 28.1 Å². The first-order chi connectivity index (χ1) is 11.1. The molecule has 0 radical (unpaired) electrons. The van der Waals surface area contributed by atoms with E-state index in [0.29, 0.717) is 12.4 Å². The van der Waals surface area contributed by atoms with Crippen molar-refractivity contribution in [3.8, 4) is 5.75 Å². The number of nitro groups is 1. The lowest BCUT2D eigenvalue weighted by atomic mass is 10.1. The minimum absolute atomic E-state index is 0.0795. The molecule has 23 heavy (non-hydrogen) atoms. The van der Waals surface area contributed by atoms with Crippen LogP contribution in [0.1, 0.15) is 16.7 Å². The maximum atomic E-state index is 11.1. The molecule has 0 saturated carbocycles. The lowest BCUT2D eigenvalue weighted by molar-refractivity contribution is -0.385. The van der Waals surface area contributed by atoms with Gasteiger partial charge in [-0.05, 0) is 17.7 Å². The van der Waals surface area contributed by atoms with Crippen molar-refractivity contribution in [1.29, 1.82) is 0 Å². The first-order valence-electron chi connectivity index (χ1n) is 6.96. The Balaban J connectivity index is 1.76. The van der Waals surface area contributed by atoms with Crippen molar-refractivity contribution in [2.24, 2.45) is 0 Å². The molecule has 0 spiro atoms. The predicted octanol–water partition coefficient (Wildman–Crippen LogP) is 4.66. The van der Waals surface area contributed by atoms with E-state index >= 15 is 0 Å². The molecular weight excluding hydrogens is 382 g/mol. The zero-order valence-corrected chi connectivity index (χ0v) is 14.6. The number of nitro benzene ring substituents is 1. The Morgan fingerprint density at radius 2 is 2.13 bits per heavy atom. The van der Waals surface area contributed by atoms with Crippen molar-refractivity contribution in [1.82, 2.24) is 0 Å². The van der Waals surface area contributed by atoms with E-state index < -0.39 is 0 Å². The Bertz CT molecular complexity index is 738. The summed E-state index contributed by atoms with van der Waals surface area (Å²) in [6, 6.07) is 11.2. The summed E-state index contributed by atoms with van der Waals surface area (Å²) in [6.45, 7) is 0.536. The first-order valence-corrected chi connectivity index (χ1v) is 8.91. The fourth-order valence-corrected chi connectivity index (χ4v) is 3.80. The fourth-order valence-electron chi connectivity index (χ4n) is 2.40. The number of fused-ring (bicyclic) bond motifs is 1. The van der Waals surface area contributed by atoms with Crippen molar-refractivity contribution >= 4 is 33.4 Å². The summed E-state index contributed by atoms with van der Waals surface area (Å²) in [5, 5.41) is 11.1. The number of non-ortho nitro benzene ring substituents is 1. The Morgan fingerprint density at radius 1 is 1.26 bits per heavy atom. The Kier molecular flexibility index (Phi) is 5.20. The van der Waals surface area contributed by atoms with Crippen molar-refractivity contribution < 1.29 is 14.4 Å². The zero-order chi connectivity index (χ0) is 16.2. The highest BCUT2D eigenvalue weighted by atomic mass is 79.9. The van der Waals surface area contributed by atoms with Gasteiger partial charge in [0.1, 0.15) is 5.75 Å². The van der Waals surface area contributed by atoms with Crippen molar-refractivity contribution in [3.63, 3.8) is 0 Å².